The van der Waals surface area contributed by atoms with Gasteiger partial charge < -0.3 is 5.11 Å². The molecule has 12 heavy (non-hydrogen) atoms. The van der Waals surface area contributed by atoms with Gasteiger partial charge in [0, 0.05) is 7.05 Å². The van der Waals surface area contributed by atoms with Crippen LogP contribution in [0, 0.1) is 0 Å². The molecule has 5 heteroatoms. The summed E-state index contributed by atoms with van der Waals surface area (Å²) in [5.74, 6) is -0.179. The first-order valence-corrected chi connectivity index (χ1v) is 3.73. The van der Waals surface area contributed by atoms with Crippen LogP contribution in [-0.2, 0) is 7.05 Å². The summed E-state index contributed by atoms with van der Waals surface area (Å²) < 4.78 is 1.35. The molecule has 0 aliphatic carbocycles. The predicted molar refractivity (Wildman–Crippen MR) is 41.6 cm³/mol. The zero-order valence-electron chi connectivity index (χ0n) is 7.06. The molecule has 1 aromatic heterocycles. The van der Waals surface area contributed by atoms with Crippen molar-refractivity contribution in [2.75, 3.05) is 0 Å². The lowest BCUT2D eigenvalue weighted by Gasteiger charge is -2.04. The zero-order chi connectivity index (χ0) is 9.14. The lowest BCUT2D eigenvalue weighted by molar-refractivity contribution is 0.0724. The fourth-order valence-electron chi connectivity index (χ4n) is 0.854. The minimum atomic E-state index is -0.965. The molecule has 1 N–H and O–H groups in total. The maximum absolute atomic E-state index is 11.3. The number of aryl methyl sites for hydroxylation is 1. The summed E-state index contributed by atoms with van der Waals surface area (Å²) in [6, 6.07) is 0. The van der Waals surface area contributed by atoms with Gasteiger partial charge in [-0.1, -0.05) is 6.92 Å². The number of hydrogen-bond donors (Lipinski definition) is 1. The Kier molecular flexibility index (Phi) is 2.54. The van der Waals surface area contributed by atoms with E-state index in [1.54, 1.807) is 14.0 Å². The van der Waals surface area contributed by atoms with Crippen molar-refractivity contribution in [2.45, 2.75) is 19.4 Å². The van der Waals surface area contributed by atoms with Crippen LogP contribution < -0.4 is 0 Å². The number of nitrogens with zero attached hydrogens (tertiary/aromatic N) is 3. The number of hydrogen-bond acceptors (Lipinski definition) is 4. The average molecular weight is 169 g/mol. The number of aliphatic hydroxyl groups excluding tert-OH is 1. The highest BCUT2D eigenvalue weighted by Gasteiger charge is 2.19. The minimum absolute atomic E-state index is 0.198. The normalized spacial score (nSPS) is 12.9. The van der Waals surface area contributed by atoms with E-state index < -0.39 is 6.10 Å². The number of Topliss-reactive ketones (excluding diaryl/α,β-unsaturated/α-hetero) is 1. The van der Waals surface area contributed by atoms with Crippen LogP contribution in [-0.4, -0.2) is 31.8 Å². The minimum Gasteiger partial charge on any atom is -0.385 e. The number of ketones is 1. The van der Waals surface area contributed by atoms with Crippen LogP contribution in [0.5, 0.6) is 0 Å². The Morgan fingerprint density at radius 1 is 1.83 bits per heavy atom. The molecule has 0 aliphatic rings. The molecule has 0 aromatic carbocycles. The van der Waals surface area contributed by atoms with Crippen molar-refractivity contribution in [3.63, 3.8) is 0 Å². The highest BCUT2D eigenvalue weighted by Crippen LogP contribution is 2.00. The molecular formula is C7H11N3O2. The van der Waals surface area contributed by atoms with Crippen LogP contribution in [0.3, 0.4) is 0 Å². The molecule has 0 saturated carbocycles. The molecule has 0 radical (unpaired) electrons. The van der Waals surface area contributed by atoms with E-state index in [-0.39, 0.29) is 11.6 Å². The maximum atomic E-state index is 11.3. The standard InChI is InChI=1S/C7H11N3O2/c1-3-5(11)6(12)7-8-4-9-10(7)2/h4-5,11H,3H2,1-2H3. The van der Waals surface area contributed by atoms with Gasteiger partial charge in [-0.25, -0.2) is 9.67 Å². The molecule has 5 nitrogen and oxygen atoms in total. The Morgan fingerprint density at radius 2 is 2.50 bits per heavy atom. The fourth-order valence-corrected chi connectivity index (χ4v) is 0.854. The number of carbonyl (C=O) groups excluding carboxylic acids is 1. The first-order chi connectivity index (χ1) is 5.66. The smallest absolute Gasteiger partial charge is 0.228 e. The molecule has 0 saturated heterocycles. The van der Waals surface area contributed by atoms with Crippen molar-refractivity contribution in [1.29, 1.82) is 0 Å². The third kappa shape index (κ3) is 1.50. The maximum Gasteiger partial charge on any atom is 0.228 e. The Hall–Kier alpha value is -1.23. The second-order valence-corrected chi connectivity index (χ2v) is 2.50. The van der Waals surface area contributed by atoms with Crippen LogP contribution in [0.4, 0.5) is 0 Å². The van der Waals surface area contributed by atoms with Gasteiger partial charge in [0.15, 0.2) is 5.82 Å². The van der Waals surface area contributed by atoms with Crippen LogP contribution >= 0.6 is 0 Å². The van der Waals surface area contributed by atoms with Crippen molar-refractivity contribution >= 4 is 5.78 Å². The van der Waals surface area contributed by atoms with Crippen LogP contribution in [0.2, 0.25) is 0 Å². The topological polar surface area (TPSA) is 68.0 Å². The van der Waals surface area contributed by atoms with E-state index in [9.17, 15) is 9.90 Å². The first-order valence-electron chi connectivity index (χ1n) is 3.73. The summed E-state index contributed by atoms with van der Waals surface area (Å²) in [6.07, 6.45) is 0.717. The molecule has 0 aliphatic heterocycles. The third-order valence-electron chi connectivity index (χ3n) is 1.62. The van der Waals surface area contributed by atoms with E-state index >= 15 is 0 Å². The van der Waals surface area contributed by atoms with Gasteiger partial charge in [0.05, 0.1) is 0 Å². The molecular weight excluding hydrogens is 158 g/mol. The number of aromatic nitrogens is 3. The number of aliphatic hydroxyl groups is 1. The van der Waals surface area contributed by atoms with Gasteiger partial charge in [-0.05, 0) is 6.42 Å². The molecule has 0 amide bonds. The van der Waals surface area contributed by atoms with Crippen LogP contribution in [0.15, 0.2) is 6.33 Å². The Balaban J connectivity index is 2.85. The van der Waals surface area contributed by atoms with Gasteiger partial charge in [-0.2, -0.15) is 5.10 Å². The molecule has 1 heterocycles. The highest BCUT2D eigenvalue weighted by molar-refractivity contribution is 5.95. The van der Waals surface area contributed by atoms with E-state index in [0.717, 1.165) is 0 Å². The monoisotopic (exact) mass is 169 g/mol. The molecule has 66 valence electrons. The third-order valence-corrected chi connectivity index (χ3v) is 1.62. The Morgan fingerprint density at radius 3 is 2.92 bits per heavy atom. The quantitative estimate of drug-likeness (QED) is 0.634. The average Bonchev–Trinajstić information content (AvgIpc) is 2.48. The summed E-state index contributed by atoms with van der Waals surface area (Å²) in [7, 11) is 1.61. The van der Waals surface area contributed by atoms with E-state index in [1.807, 2.05) is 0 Å². The second kappa shape index (κ2) is 3.44. The van der Waals surface area contributed by atoms with E-state index in [2.05, 4.69) is 10.1 Å². The van der Waals surface area contributed by atoms with Crippen molar-refractivity contribution in [3.8, 4) is 0 Å². The summed E-state index contributed by atoms with van der Waals surface area (Å²) in [5.41, 5.74) is 0. The van der Waals surface area contributed by atoms with Gasteiger partial charge in [0.1, 0.15) is 12.4 Å². The van der Waals surface area contributed by atoms with Crippen LogP contribution in [0.25, 0.3) is 0 Å². The predicted octanol–water partition coefficient (Wildman–Crippen LogP) is -0.231. The summed E-state index contributed by atoms with van der Waals surface area (Å²) in [6.45, 7) is 1.74. The zero-order valence-corrected chi connectivity index (χ0v) is 7.06. The van der Waals surface area contributed by atoms with Gasteiger partial charge in [-0.3, -0.25) is 4.79 Å². The highest BCUT2D eigenvalue weighted by atomic mass is 16.3. The molecule has 0 fully saturated rings. The molecule has 0 bridgehead atoms. The lowest BCUT2D eigenvalue weighted by atomic mass is 10.2. The van der Waals surface area contributed by atoms with E-state index in [4.69, 9.17) is 0 Å². The molecule has 0 spiro atoms. The van der Waals surface area contributed by atoms with Gasteiger partial charge in [-0.15, -0.1) is 0 Å². The summed E-state index contributed by atoms with van der Waals surface area (Å²) >= 11 is 0. The Bertz CT molecular complexity index is 282. The number of carbonyl (C=O) groups is 1. The summed E-state index contributed by atoms with van der Waals surface area (Å²) in [4.78, 5) is 15.0. The van der Waals surface area contributed by atoms with Crippen molar-refractivity contribution in [1.82, 2.24) is 14.8 Å². The lowest BCUT2D eigenvalue weighted by Crippen LogP contribution is -2.22. The van der Waals surface area contributed by atoms with Crippen molar-refractivity contribution < 1.29 is 9.90 Å². The molecule has 1 rings (SSSR count). The molecule has 1 unspecified atom stereocenters. The largest absolute Gasteiger partial charge is 0.385 e. The van der Waals surface area contributed by atoms with Crippen molar-refractivity contribution in [3.05, 3.63) is 12.2 Å². The number of rotatable bonds is 3. The first kappa shape index (κ1) is 8.86. The van der Waals surface area contributed by atoms with Crippen LogP contribution in [0.1, 0.15) is 24.0 Å². The van der Waals surface area contributed by atoms with Gasteiger partial charge >= 0.3 is 0 Å². The Labute approximate surface area is 70.0 Å². The van der Waals surface area contributed by atoms with Gasteiger partial charge in [0.25, 0.3) is 0 Å². The fraction of sp³-hybridized carbons (Fsp3) is 0.571. The summed E-state index contributed by atoms with van der Waals surface area (Å²) in [5, 5.41) is 12.9. The van der Waals surface area contributed by atoms with Crippen molar-refractivity contribution in [2.24, 2.45) is 7.05 Å². The van der Waals surface area contributed by atoms with E-state index in [1.165, 1.54) is 11.0 Å². The van der Waals surface area contributed by atoms with Gasteiger partial charge in [0.2, 0.25) is 5.78 Å². The molecule has 1 aromatic rings. The van der Waals surface area contributed by atoms with E-state index in [0.29, 0.717) is 6.42 Å². The SMILES string of the molecule is CCC(O)C(=O)c1ncnn1C. The second-order valence-electron chi connectivity index (χ2n) is 2.50. The molecule has 1 atom stereocenters.